The highest BCUT2D eigenvalue weighted by molar-refractivity contribution is 6.00. The van der Waals surface area contributed by atoms with Crippen LogP contribution in [0.1, 0.15) is 41.6 Å². The molecule has 1 saturated carbocycles. The Hall–Kier alpha value is -1.88. The maximum Gasteiger partial charge on any atom is 0.254 e. The minimum Gasteiger partial charge on any atom is -0.396 e. The summed E-state index contributed by atoms with van der Waals surface area (Å²) in [6.07, 6.45) is 3.72. The molecule has 1 aromatic rings. The molecule has 0 unspecified atom stereocenters. The van der Waals surface area contributed by atoms with Crippen molar-refractivity contribution in [3.63, 3.8) is 0 Å². The first kappa shape index (κ1) is 15.0. The van der Waals surface area contributed by atoms with Crippen LogP contribution in [0.15, 0.2) is 24.3 Å². The van der Waals surface area contributed by atoms with Crippen molar-refractivity contribution in [3.05, 3.63) is 35.4 Å². The number of nitrogens with one attached hydrogen (secondary N) is 1. The van der Waals surface area contributed by atoms with Crippen molar-refractivity contribution in [2.75, 3.05) is 13.2 Å². The van der Waals surface area contributed by atoms with Gasteiger partial charge in [0, 0.05) is 24.8 Å². The summed E-state index contributed by atoms with van der Waals surface area (Å²) in [5, 5.41) is 12.2. The van der Waals surface area contributed by atoms with Crippen LogP contribution in [0.4, 0.5) is 0 Å². The van der Waals surface area contributed by atoms with Gasteiger partial charge in [0.15, 0.2) is 0 Å². The number of carbonyl (C=O) groups excluding carboxylic acids is 2. The molecule has 5 heteroatoms. The van der Waals surface area contributed by atoms with Gasteiger partial charge in [-0.15, -0.1) is 0 Å². The zero-order valence-electron chi connectivity index (χ0n) is 12.6. The molecular formula is C17H22N2O3. The number of rotatable bonds is 4. The van der Waals surface area contributed by atoms with E-state index in [9.17, 15) is 9.59 Å². The second-order valence-electron chi connectivity index (χ2n) is 6.29. The largest absolute Gasteiger partial charge is 0.396 e. The predicted octanol–water partition coefficient (Wildman–Crippen LogP) is 1.31. The van der Waals surface area contributed by atoms with Crippen LogP contribution >= 0.6 is 0 Å². The lowest BCUT2D eigenvalue weighted by Gasteiger charge is -2.28. The average Bonchev–Trinajstić information content (AvgIpc) is 2.84. The Bertz CT molecular complexity index is 565. The van der Waals surface area contributed by atoms with E-state index in [2.05, 4.69) is 5.32 Å². The zero-order chi connectivity index (χ0) is 15.5. The van der Waals surface area contributed by atoms with E-state index in [-0.39, 0.29) is 31.0 Å². The van der Waals surface area contributed by atoms with Crippen molar-refractivity contribution in [1.29, 1.82) is 0 Å². The van der Waals surface area contributed by atoms with E-state index < -0.39 is 0 Å². The Morgan fingerprint density at radius 1 is 1.23 bits per heavy atom. The molecule has 2 aliphatic rings. The molecular weight excluding hydrogens is 280 g/mol. The highest BCUT2D eigenvalue weighted by atomic mass is 16.3. The fraction of sp³-hybridized carbons (Fsp3) is 0.529. The number of nitrogens with zero attached hydrogens (tertiary/aromatic N) is 1. The standard InChI is InChI=1S/C17H22N2O3/c20-11-12-5-7-14(8-6-12)18-16(21)10-19-9-13-3-1-2-4-15(13)17(19)22/h1-4,12,14,20H,5-11H2,(H,18,21). The summed E-state index contributed by atoms with van der Waals surface area (Å²) in [6, 6.07) is 7.68. The summed E-state index contributed by atoms with van der Waals surface area (Å²) >= 11 is 0. The molecule has 0 bridgehead atoms. The average molecular weight is 302 g/mol. The summed E-state index contributed by atoms with van der Waals surface area (Å²) in [5.74, 6) is 0.228. The molecule has 0 spiro atoms. The monoisotopic (exact) mass is 302 g/mol. The van der Waals surface area contributed by atoms with Gasteiger partial charge in [-0.3, -0.25) is 9.59 Å². The molecule has 118 valence electrons. The maximum atomic E-state index is 12.2. The lowest BCUT2D eigenvalue weighted by atomic mass is 9.86. The molecule has 3 rings (SSSR count). The smallest absolute Gasteiger partial charge is 0.254 e. The van der Waals surface area contributed by atoms with Crippen LogP contribution in [-0.2, 0) is 11.3 Å². The fourth-order valence-corrected chi connectivity index (χ4v) is 3.38. The first-order chi connectivity index (χ1) is 10.7. The van der Waals surface area contributed by atoms with Gasteiger partial charge < -0.3 is 15.3 Å². The van der Waals surface area contributed by atoms with Crippen molar-refractivity contribution in [2.24, 2.45) is 5.92 Å². The summed E-state index contributed by atoms with van der Waals surface area (Å²) in [4.78, 5) is 26.0. The molecule has 2 amide bonds. The molecule has 1 aliphatic heterocycles. The fourth-order valence-electron chi connectivity index (χ4n) is 3.38. The normalized spacial score (nSPS) is 24.2. The van der Waals surface area contributed by atoms with Gasteiger partial charge in [0.2, 0.25) is 5.91 Å². The number of carbonyl (C=O) groups is 2. The third-order valence-electron chi connectivity index (χ3n) is 4.70. The van der Waals surface area contributed by atoms with Crippen LogP contribution in [0, 0.1) is 5.92 Å². The van der Waals surface area contributed by atoms with E-state index >= 15 is 0 Å². The summed E-state index contributed by atoms with van der Waals surface area (Å²) < 4.78 is 0. The van der Waals surface area contributed by atoms with Gasteiger partial charge in [0.25, 0.3) is 5.91 Å². The van der Waals surface area contributed by atoms with E-state index in [4.69, 9.17) is 5.11 Å². The number of benzene rings is 1. The molecule has 5 nitrogen and oxygen atoms in total. The SMILES string of the molecule is O=C(CN1Cc2ccccc2C1=O)NC1CCC(CO)CC1. The van der Waals surface area contributed by atoms with E-state index in [0.717, 1.165) is 31.2 Å². The van der Waals surface area contributed by atoms with Crippen LogP contribution in [0.3, 0.4) is 0 Å². The lowest BCUT2D eigenvalue weighted by molar-refractivity contribution is -0.122. The molecule has 22 heavy (non-hydrogen) atoms. The number of amides is 2. The minimum atomic E-state index is -0.0893. The third-order valence-corrected chi connectivity index (χ3v) is 4.70. The molecule has 0 saturated heterocycles. The number of hydrogen-bond acceptors (Lipinski definition) is 3. The number of fused-ring (bicyclic) bond motifs is 1. The van der Waals surface area contributed by atoms with Crippen LogP contribution in [0.2, 0.25) is 0 Å². The Morgan fingerprint density at radius 3 is 2.64 bits per heavy atom. The second kappa shape index (κ2) is 6.48. The van der Waals surface area contributed by atoms with E-state index in [1.807, 2.05) is 24.3 Å². The Kier molecular flexibility index (Phi) is 4.43. The van der Waals surface area contributed by atoms with Crippen LogP contribution < -0.4 is 5.32 Å². The van der Waals surface area contributed by atoms with E-state index in [0.29, 0.717) is 18.0 Å². The van der Waals surface area contributed by atoms with Gasteiger partial charge in [-0.2, -0.15) is 0 Å². The molecule has 1 heterocycles. The third kappa shape index (κ3) is 3.14. The zero-order valence-corrected chi connectivity index (χ0v) is 12.6. The van der Waals surface area contributed by atoms with Gasteiger partial charge in [-0.05, 0) is 43.2 Å². The summed E-state index contributed by atoms with van der Waals surface area (Å²) in [5.41, 5.74) is 1.70. The molecule has 0 atom stereocenters. The minimum absolute atomic E-state index is 0.0604. The predicted molar refractivity (Wildman–Crippen MR) is 82.2 cm³/mol. The molecule has 0 aromatic heterocycles. The summed E-state index contributed by atoms with van der Waals surface area (Å²) in [7, 11) is 0. The number of aliphatic hydroxyl groups is 1. The Balaban J connectivity index is 1.50. The molecule has 1 aromatic carbocycles. The highest BCUT2D eigenvalue weighted by Crippen LogP contribution is 2.24. The van der Waals surface area contributed by atoms with Gasteiger partial charge in [0.1, 0.15) is 6.54 Å². The molecule has 2 N–H and O–H groups in total. The number of aliphatic hydroxyl groups excluding tert-OH is 1. The van der Waals surface area contributed by atoms with Crippen LogP contribution in [-0.4, -0.2) is 41.0 Å². The van der Waals surface area contributed by atoms with Crippen LogP contribution in [0.5, 0.6) is 0 Å². The van der Waals surface area contributed by atoms with Gasteiger partial charge in [0.05, 0.1) is 0 Å². The first-order valence-corrected chi connectivity index (χ1v) is 7.94. The number of hydrogen-bond donors (Lipinski definition) is 2. The second-order valence-corrected chi connectivity index (χ2v) is 6.29. The molecule has 1 aliphatic carbocycles. The van der Waals surface area contributed by atoms with Crippen molar-refractivity contribution in [1.82, 2.24) is 10.2 Å². The van der Waals surface area contributed by atoms with Crippen molar-refractivity contribution >= 4 is 11.8 Å². The Labute approximate surface area is 130 Å². The van der Waals surface area contributed by atoms with Crippen molar-refractivity contribution in [3.8, 4) is 0 Å². The maximum absolute atomic E-state index is 12.2. The van der Waals surface area contributed by atoms with Crippen molar-refractivity contribution in [2.45, 2.75) is 38.3 Å². The molecule has 0 radical (unpaired) electrons. The first-order valence-electron chi connectivity index (χ1n) is 7.94. The topological polar surface area (TPSA) is 69.6 Å². The quantitative estimate of drug-likeness (QED) is 0.881. The summed E-state index contributed by atoms with van der Waals surface area (Å²) in [6.45, 7) is 0.869. The van der Waals surface area contributed by atoms with Gasteiger partial charge >= 0.3 is 0 Å². The molecule has 1 fully saturated rings. The lowest BCUT2D eigenvalue weighted by Crippen LogP contribution is -2.43. The van der Waals surface area contributed by atoms with Crippen molar-refractivity contribution < 1.29 is 14.7 Å². The van der Waals surface area contributed by atoms with Gasteiger partial charge in [-0.1, -0.05) is 18.2 Å². The van der Waals surface area contributed by atoms with Crippen LogP contribution in [0.25, 0.3) is 0 Å². The Morgan fingerprint density at radius 2 is 1.95 bits per heavy atom. The van der Waals surface area contributed by atoms with E-state index in [1.54, 1.807) is 4.90 Å². The van der Waals surface area contributed by atoms with E-state index in [1.165, 1.54) is 0 Å². The highest BCUT2D eigenvalue weighted by Gasteiger charge is 2.29. The van der Waals surface area contributed by atoms with Gasteiger partial charge in [-0.25, -0.2) is 0 Å².